The van der Waals surface area contributed by atoms with E-state index >= 15 is 0 Å². The number of carbonyl (C=O) groups excluding carboxylic acids is 4. The van der Waals surface area contributed by atoms with Crippen LogP contribution >= 0.6 is 0 Å². The number of hydrogen-bond donors (Lipinski definition) is 8. The molecule has 0 aromatic rings. The Balaban J connectivity index is 5.12. The van der Waals surface area contributed by atoms with Crippen LogP contribution in [0.4, 0.5) is 0 Å². The molecule has 0 saturated heterocycles. The molecule has 4 atom stereocenters. The van der Waals surface area contributed by atoms with Gasteiger partial charge in [-0.1, -0.05) is 0 Å². The molecule has 168 valence electrons. The number of rotatable bonds is 13. The van der Waals surface area contributed by atoms with Crippen molar-refractivity contribution in [3.05, 3.63) is 0 Å². The maximum atomic E-state index is 12.3. The van der Waals surface area contributed by atoms with Gasteiger partial charge in [-0.25, -0.2) is 4.79 Å². The molecule has 15 nitrogen and oxygen atoms in total. The van der Waals surface area contributed by atoms with Crippen molar-refractivity contribution in [2.45, 2.75) is 50.4 Å². The molecule has 0 bridgehead atoms. The Kier molecular flexibility index (Phi) is 10.5. The van der Waals surface area contributed by atoms with Gasteiger partial charge in [-0.05, 0) is 6.92 Å². The first-order valence-corrected chi connectivity index (χ1v) is 8.36. The van der Waals surface area contributed by atoms with E-state index in [1.807, 2.05) is 10.6 Å². The summed E-state index contributed by atoms with van der Waals surface area (Å²) in [5.41, 5.74) is 10.4. The van der Waals surface area contributed by atoms with Crippen LogP contribution < -0.4 is 27.4 Å². The zero-order valence-corrected chi connectivity index (χ0v) is 15.8. The van der Waals surface area contributed by atoms with Gasteiger partial charge in [0.2, 0.25) is 23.6 Å². The van der Waals surface area contributed by atoms with Crippen molar-refractivity contribution >= 4 is 41.5 Å². The summed E-state index contributed by atoms with van der Waals surface area (Å²) < 4.78 is 0. The molecule has 0 aromatic heterocycles. The first kappa shape index (κ1) is 26.2. The van der Waals surface area contributed by atoms with Crippen LogP contribution in [0.1, 0.15) is 26.2 Å². The topological polar surface area (TPSA) is 268 Å². The summed E-state index contributed by atoms with van der Waals surface area (Å²) in [6.45, 7) is 1.13. The van der Waals surface area contributed by atoms with Gasteiger partial charge >= 0.3 is 17.9 Å². The molecule has 0 spiro atoms. The molecule has 10 N–H and O–H groups in total. The highest BCUT2D eigenvalue weighted by atomic mass is 16.4. The van der Waals surface area contributed by atoms with Gasteiger partial charge in [-0.2, -0.15) is 0 Å². The number of primary amides is 1. The molecular formula is C15H23N5O10. The van der Waals surface area contributed by atoms with Gasteiger partial charge in [0.25, 0.3) is 0 Å². The van der Waals surface area contributed by atoms with E-state index < -0.39 is 85.0 Å². The van der Waals surface area contributed by atoms with E-state index in [9.17, 15) is 33.6 Å². The number of hydrogen-bond acceptors (Lipinski definition) is 8. The molecule has 0 saturated carbocycles. The number of nitrogens with one attached hydrogen (secondary N) is 3. The van der Waals surface area contributed by atoms with Gasteiger partial charge in [0.15, 0.2) is 0 Å². The van der Waals surface area contributed by atoms with Gasteiger partial charge in [0.1, 0.15) is 18.1 Å². The Labute approximate surface area is 169 Å². The Morgan fingerprint density at radius 1 is 0.733 bits per heavy atom. The highest BCUT2D eigenvalue weighted by Crippen LogP contribution is 1.99. The third-order valence-corrected chi connectivity index (χ3v) is 3.51. The maximum Gasteiger partial charge on any atom is 0.326 e. The van der Waals surface area contributed by atoms with E-state index in [0.717, 1.165) is 6.92 Å². The van der Waals surface area contributed by atoms with E-state index in [2.05, 4.69) is 5.32 Å². The van der Waals surface area contributed by atoms with Crippen LogP contribution in [0.5, 0.6) is 0 Å². The third-order valence-electron chi connectivity index (χ3n) is 3.51. The fraction of sp³-hybridized carbons (Fsp3) is 0.533. The average Bonchev–Trinajstić information content (AvgIpc) is 2.58. The van der Waals surface area contributed by atoms with E-state index in [-0.39, 0.29) is 0 Å². The summed E-state index contributed by atoms with van der Waals surface area (Å²) in [6.07, 6.45) is -2.37. The normalized spacial score (nSPS) is 14.3. The lowest BCUT2D eigenvalue weighted by atomic mass is 10.1. The summed E-state index contributed by atoms with van der Waals surface area (Å²) in [4.78, 5) is 79.6. The number of carbonyl (C=O) groups is 7. The number of amides is 4. The summed E-state index contributed by atoms with van der Waals surface area (Å²) >= 11 is 0. The first-order chi connectivity index (χ1) is 13.7. The zero-order chi connectivity index (χ0) is 23.6. The minimum Gasteiger partial charge on any atom is -0.481 e. The zero-order valence-electron chi connectivity index (χ0n) is 15.8. The summed E-state index contributed by atoms with van der Waals surface area (Å²) in [5, 5.41) is 32.3. The Hall–Kier alpha value is -3.75. The van der Waals surface area contributed by atoms with Crippen LogP contribution in [-0.4, -0.2) is 81.0 Å². The molecule has 4 amide bonds. The van der Waals surface area contributed by atoms with Crippen LogP contribution in [0.2, 0.25) is 0 Å². The van der Waals surface area contributed by atoms with E-state index in [1.54, 1.807) is 0 Å². The van der Waals surface area contributed by atoms with Gasteiger partial charge < -0.3 is 42.7 Å². The minimum absolute atomic E-state index is 0.706. The third kappa shape index (κ3) is 9.98. The van der Waals surface area contributed by atoms with Crippen molar-refractivity contribution in [3.8, 4) is 0 Å². The molecule has 15 heteroatoms. The van der Waals surface area contributed by atoms with Crippen LogP contribution in [0.3, 0.4) is 0 Å². The molecule has 30 heavy (non-hydrogen) atoms. The molecule has 4 unspecified atom stereocenters. The minimum atomic E-state index is -1.76. The lowest BCUT2D eigenvalue weighted by Crippen LogP contribution is -2.57. The lowest BCUT2D eigenvalue weighted by molar-refractivity contribution is -0.147. The molecule has 0 radical (unpaired) electrons. The molecule has 0 aliphatic heterocycles. The van der Waals surface area contributed by atoms with Crippen LogP contribution in [-0.2, 0) is 33.6 Å². The Morgan fingerprint density at radius 2 is 1.23 bits per heavy atom. The van der Waals surface area contributed by atoms with Gasteiger partial charge in [-0.3, -0.25) is 28.8 Å². The quantitative estimate of drug-likeness (QED) is 0.137. The smallest absolute Gasteiger partial charge is 0.326 e. The Bertz CT molecular complexity index is 725. The average molecular weight is 433 g/mol. The predicted octanol–water partition coefficient (Wildman–Crippen LogP) is -4.30. The van der Waals surface area contributed by atoms with Gasteiger partial charge in [0, 0.05) is 0 Å². The predicted molar refractivity (Wildman–Crippen MR) is 95.4 cm³/mol. The lowest BCUT2D eigenvalue weighted by Gasteiger charge is -2.22. The van der Waals surface area contributed by atoms with E-state index in [4.69, 9.17) is 26.8 Å². The molecule has 0 aliphatic rings. The van der Waals surface area contributed by atoms with Crippen molar-refractivity contribution in [1.29, 1.82) is 0 Å². The van der Waals surface area contributed by atoms with E-state index in [0.29, 0.717) is 0 Å². The largest absolute Gasteiger partial charge is 0.481 e. The van der Waals surface area contributed by atoms with Crippen LogP contribution in [0.25, 0.3) is 0 Å². The second-order valence-electron chi connectivity index (χ2n) is 6.16. The SMILES string of the molecule is CC(NC(=O)C(CC(N)=O)NC(=O)C(N)CC(=O)O)C(=O)NC(CC(=O)O)C(=O)O. The van der Waals surface area contributed by atoms with Crippen LogP contribution in [0.15, 0.2) is 0 Å². The van der Waals surface area contributed by atoms with Gasteiger partial charge in [-0.15, -0.1) is 0 Å². The highest BCUT2D eigenvalue weighted by Gasteiger charge is 2.30. The Morgan fingerprint density at radius 3 is 1.67 bits per heavy atom. The number of aliphatic carboxylic acids is 3. The maximum absolute atomic E-state index is 12.3. The molecule has 0 heterocycles. The molecule has 0 rings (SSSR count). The molecule has 0 aromatic carbocycles. The van der Waals surface area contributed by atoms with E-state index in [1.165, 1.54) is 0 Å². The fourth-order valence-electron chi connectivity index (χ4n) is 2.02. The molecular weight excluding hydrogens is 410 g/mol. The number of carboxylic acids is 3. The summed E-state index contributed by atoms with van der Waals surface area (Å²) in [6, 6.07) is -6.28. The standard InChI is InChI=1S/C15H23N5O10/c1-5(12(26)20-8(15(29)30)4-11(24)25)18-14(28)7(3-9(17)21)19-13(27)6(16)2-10(22)23/h5-8H,2-4,16H2,1H3,(H2,17,21)(H,18,28)(H,19,27)(H,20,26)(H,22,23)(H,24,25)(H,29,30). The van der Waals surface area contributed by atoms with Crippen molar-refractivity contribution in [3.63, 3.8) is 0 Å². The number of nitrogens with two attached hydrogens (primary N) is 2. The summed E-state index contributed by atoms with van der Waals surface area (Å²) in [7, 11) is 0. The molecule has 0 fully saturated rings. The monoisotopic (exact) mass is 433 g/mol. The first-order valence-electron chi connectivity index (χ1n) is 8.36. The number of carboxylic acid groups (broad SMARTS) is 3. The van der Waals surface area contributed by atoms with Crippen molar-refractivity contribution < 1.29 is 48.9 Å². The molecule has 0 aliphatic carbocycles. The van der Waals surface area contributed by atoms with Crippen molar-refractivity contribution in [2.75, 3.05) is 0 Å². The second kappa shape index (κ2) is 11.9. The second-order valence-corrected chi connectivity index (χ2v) is 6.16. The highest BCUT2D eigenvalue weighted by molar-refractivity contribution is 5.96. The van der Waals surface area contributed by atoms with Crippen LogP contribution in [0, 0.1) is 0 Å². The van der Waals surface area contributed by atoms with Crippen molar-refractivity contribution in [2.24, 2.45) is 11.5 Å². The summed E-state index contributed by atoms with van der Waals surface area (Å²) in [5.74, 6) is -8.68. The fourth-order valence-corrected chi connectivity index (χ4v) is 2.02. The van der Waals surface area contributed by atoms with Gasteiger partial charge in [0.05, 0.1) is 25.3 Å². The van der Waals surface area contributed by atoms with Crippen molar-refractivity contribution in [1.82, 2.24) is 16.0 Å².